The van der Waals surface area contributed by atoms with E-state index < -0.39 is 0 Å². The SMILES string of the molecule is CC1CCCC1N1CCCNC(C)(c2ccccc2)C1. The summed E-state index contributed by atoms with van der Waals surface area (Å²) in [4.78, 5) is 2.77. The first kappa shape index (κ1) is 14.1. The first-order valence-electron chi connectivity index (χ1n) is 8.24. The molecule has 110 valence electrons. The zero-order valence-corrected chi connectivity index (χ0v) is 12.9. The van der Waals surface area contributed by atoms with Crippen LogP contribution in [0.15, 0.2) is 30.3 Å². The van der Waals surface area contributed by atoms with Gasteiger partial charge in [0, 0.05) is 12.6 Å². The molecule has 3 atom stereocenters. The van der Waals surface area contributed by atoms with E-state index in [1.807, 2.05) is 0 Å². The number of hydrogen-bond donors (Lipinski definition) is 1. The Morgan fingerprint density at radius 3 is 2.65 bits per heavy atom. The molecule has 1 N–H and O–H groups in total. The minimum atomic E-state index is 0.0973. The molecule has 2 heteroatoms. The lowest BCUT2D eigenvalue weighted by molar-refractivity contribution is 0.138. The van der Waals surface area contributed by atoms with E-state index in [1.54, 1.807) is 0 Å². The van der Waals surface area contributed by atoms with Gasteiger partial charge in [-0.2, -0.15) is 0 Å². The van der Waals surface area contributed by atoms with Gasteiger partial charge in [-0.15, -0.1) is 0 Å². The van der Waals surface area contributed by atoms with Gasteiger partial charge in [0.15, 0.2) is 0 Å². The van der Waals surface area contributed by atoms with Gasteiger partial charge in [-0.05, 0) is 50.8 Å². The number of benzene rings is 1. The van der Waals surface area contributed by atoms with Crippen molar-refractivity contribution >= 4 is 0 Å². The van der Waals surface area contributed by atoms with Gasteiger partial charge in [-0.3, -0.25) is 4.90 Å². The Kier molecular flexibility index (Phi) is 4.13. The van der Waals surface area contributed by atoms with E-state index in [-0.39, 0.29) is 5.54 Å². The fraction of sp³-hybridized carbons (Fsp3) is 0.667. The molecule has 1 aromatic rings. The smallest absolute Gasteiger partial charge is 0.0535 e. The molecule has 0 aromatic heterocycles. The average Bonchev–Trinajstić information content (AvgIpc) is 2.79. The monoisotopic (exact) mass is 272 g/mol. The number of nitrogens with one attached hydrogen (secondary N) is 1. The van der Waals surface area contributed by atoms with Gasteiger partial charge in [0.2, 0.25) is 0 Å². The molecule has 2 nitrogen and oxygen atoms in total. The predicted octanol–water partition coefficient (Wildman–Crippen LogP) is 3.39. The number of hydrogen-bond acceptors (Lipinski definition) is 2. The molecule has 1 saturated heterocycles. The largest absolute Gasteiger partial charge is 0.307 e. The fourth-order valence-electron chi connectivity index (χ4n) is 4.14. The van der Waals surface area contributed by atoms with Crippen LogP contribution in [0.3, 0.4) is 0 Å². The van der Waals surface area contributed by atoms with Crippen LogP contribution in [0.1, 0.15) is 45.1 Å². The molecule has 1 saturated carbocycles. The van der Waals surface area contributed by atoms with Crippen LogP contribution in [0.5, 0.6) is 0 Å². The first-order chi connectivity index (χ1) is 9.69. The fourth-order valence-corrected chi connectivity index (χ4v) is 4.14. The van der Waals surface area contributed by atoms with Gasteiger partial charge >= 0.3 is 0 Å². The van der Waals surface area contributed by atoms with Crippen molar-refractivity contribution in [3.63, 3.8) is 0 Å². The Labute approximate surface area is 123 Å². The van der Waals surface area contributed by atoms with E-state index in [9.17, 15) is 0 Å². The molecule has 2 fully saturated rings. The van der Waals surface area contributed by atoms with Crippen molar-refractivity contribution in [1.29, 1.82) is 0 Å². The minimum Gasteiger partial charge on any atom is -0.307 e. The van der Waals surface area contributed by atoms with Crippen LogP contribution < -0.4 is 5.32 Å². The van der Waals surface area contributed by atoms with E-state index in [2.05, 4.69) is 54.4 Å². The summed E-state index contributed by atoms with van der Waals surface area (Å²) in [6.07, 6.45) is 5.49. The predicted molar refractivity (Wildman–Crippen MR) is 84.8 cm³/mol. The van der Waals surface area contributed by atoms with Gasteiger partial charge in [0.05, 0.1) is 5.54 Å². The quantitative estimate of drug-likeness (QED) is 0.888. The first-order valence-corrected chi connectivity index (χ1v) is 8.24. The Morgan fingerprint density at radius 1 is 1.15 bits per heavy atom. The Hall–Kier alpha value is -0.860. The third kappa shape index (κ3) is 2.77. The topological polar surface area (TPSA) is 15.3 Å². The highest BCUT2D eigenvalue weighted by Gasteiger charge is 2.36. The van der Waals surface area contributed by atoms with E-state index in [0.29, 0.717) is 0 Å². The molecule has 3 rings (SSSR count). The van der Waals surface area contributed by atoms with Crippen LogP contribution >= 0.6 is 0 Å². The maximum absolute atomic E-state index is 3.80. The summed E-state index contributed by atoms with van der Waals surface area (Å²) in [7, 11) is 0. The number of rotatable bonds is 2. The van der Waals surface area contributed by atoms with E-state index in [4.69, 9.17) is 0 Å². The van der Waals surface area contributed by atoms with Crippen molar-refractivity contribution in [2.75, 3.05) is 19.6 Å². The van der Waals surface area contributed by atoms with Gasteiger partial charge in [-0.1, -0.05) is 43.7 Å². The molecule has 20 heavy (non-hydrogen) atoms. The highest BCUT2D eigenvalue weighted by atomic mass is 15.2. The minimum absolute atomic E-state index is 0.0973. The molecule has 2 aliphatic rings. The molecule has 1 aliphatic carbocycles. The highest BCUT2D eigenvalue weighted by Crippen LogP contribution is 2.33. The van der Waals surface area contributed by atoms with Crippen LogP contribution in [0.2, 0.25) is 0 Å². The van der Waals surface area contributed by atoms with Crippen molar-refractivity contribution in [2.45, 2.75) is 51.1 Å². The second kappa shape index (κ2) is 5.87. The van der Waals surface area contributed by atoms with Crippen molar-refractivity contribution in [2.24, 2.45) is 5.92 Å². The van der Waals surface area contributed by atoms with Gasteiger partial charge in [-0.25, -0.2) is 0 Å². The highest BCUT2D eigenvalue weighted by molar-refractivity contribution is 5.24. The summed E-state index contributed by atoms with van der Waals surface area (Å²) in [6, 6.07) is 11.8. The zero-order chi connectivity index (χ0) is 14.0. The molecule has 1 aliphatic heterocycles. The summed E-state index contributed by atoms with van der Waals surface area (Å²) < 4.78 is 0. The van der Waals surface area contributed by atoms with E-state index in [1.165, 1.54) is 37.8 Å². The average molecular weight is 272 g/mol. The summed E-state index contributed by atoms with van der Waals surface area (Å²) in [6.45, 7) is 8.34. The van der Waals surface area contributed by atoms with Crippen LogP contribution in [-0.2, 0) is 5.54 Å². The molecular weight excluding hydrogens is 244 g/mol. The van der Waals surface area contributed by atoms with E-state index >= 15 is 0 Å². The molecule has 1 aromatic carbocycles. The second-order valence-electron chi connectivity index (χ2n) is 6.92. The molecule has 0 amide bonds. The van der Waals surface area contributed by atoms with E-state index in [0.717, 1.165) is 25.0 Å². The Morgan fingerprint density at radius 2 is 1.95 bits per heavy atom. The summed E-state index contributed by atoms with van der Waals surface area (Å²) >= 11 is 0. The number of nitrogens with zero attached hydrogens (tertiary/aromatic N) is 1. The van der Waals surface area contributed by atoms with Crippen molar-refractivity contribution in [3.8, 4) is 0 Å². The second-order valence-corrected chi connectivity index (χ2v) is 6.92. The molecule has 1 heterocycles. The summed E-state index contributed by atoms with van der Waals surface area (Å²) in [5, 5.41) is 3.80. The third-order valence-electron chi connectivity index (χ3n) is 5.35. The van der Waals surface area contributed by atoms with Gasteiger partial charge < -0.3 is 5.32 Å². The molecule has 3 unspecified atom stereocenters. The zero-order valence-electron chi connectivity index (χ0n) is 12.9. The van der Waals surface area contributed by atoms with Gasteiger partial charge in [0.1, 0.15) is 0 Å². The molecule has 0 bridgehead atoms. The summed E-state index contributed by atoms with van der Waals surface area (Å²) in [5.74, 6) is 0.869. The Bertz CT molecular complexity index is 430. The van der Waals surface area contributed by atoms with Crippen molar-refractivity contribution in [1.82, 2.24) is 10.2 Å². The van der Waals surface area contributed by atoms with Crippen LogP contribution in [0, 0.1) is 5.92 Å². The lowest BCUT2D eigenvalue weighted by Crippen LogP contribution is -2.49. The van der Waals surface area contributed by atoms with Crippen LogP contribution in [0.25, 0.3) is 0 Å². The lowest BCUT2D eigenvalue weighted by atomic mass is 9.90. The molecular formula is C18H28N2. The molecule has 0 spiro atoms. The van der Waals surface area contributed by atoms with Gasteiger partial charge in [0.25, 0.3) is 0 Å². The van der Waals surface area contributed by atoms with Crippen LogP contribution in [-0.4, -0.2) is 30.6 Å². The third-order valence-corrected chi connectivity index (χ3v) is 5.35. The standard InChI is InChI=1S/C18H28N2/c1-15-8-6-11-17(15)20-13-7-12-19-18(2,14-20)16-9-4-3-5-10-16/h3-5,9-10,15,17,19H,6-8,11-14H2,1-2H3. The lowest BCUT2D eigenvalue weighted by Gasteiger charge is -2.38. The maximum Gasteiger partial charge on any atom is 0.0535 e. The summed E-state index contributed by atoms with van der Waals surface area (Å²) in [5.41, 5.74) is 1.53. The van der Waals surface area contributed by atoms with Crippen LogP contribution in [0.4, 0.5) is 0 Å². The van der Waals surface area contributed by atoms with Crippen molar-refractivity contribution < 1.29 is 0 Å². The van der Waals surface area contributed by atoms with Crippen molar-refractivity contribution in [3.05, 3.63) is 35.9 Å². The Balaban J connectivity index is 1.81. The molecule has 0 radical (unpaired) electrons. The maximum atomic E-state index is 3.80. The normalized spacial score (nSPS) is 35.9.